The minimum absolute atomic E-state index is 0.0600. The molecule has 0 saturated carbocycles. The summed E-state index contributed by atoms with van der Waals surface area (Å²) in [6, 6.07) is 0. The van der Waals surface area contributed by atoms with E-state index in [9.17, 15) is 22.8 Å². The average Bonchev–Trinajstić information content (AvgIpc) is 2.94. The number of halogens is 3. The maximum atomic E-state index is 12.1. The smallest absolute Gasteiger partial charge is 0.389 e. The molecule has 0 unspecified atom stereocenters. The summed E-state index contributed by atoms with van der Waals surface area (Å²) in [4.78, 5) is 28.2. The minimum Gasteiger partial charge on any atom is -0.477 e. The van der Waals surface area contributed by atoms with Crippen LogP contribution in [0.2, 0.25) is 0 Å². The standard InChI is InChI=1S/C13H15F3N2O3S/c14-13(15,16)4-1-10(19)18-5-2-8(3-6-18)11-17-7-9(22-11)12(20)21/h7-8H,1-6H2,(H,20,21). The number of piperidine rings is 1. The summed E-state index contributed by atoms with van der Waals surface area (Å²) in [5.74, 6) is -1.45. The van der Waals surface area contributed by atoms with Crippen molar-refractivity contribution in [1.82, 2.24) is 9.88 Å². The molecule has 0 aromatic carbocycles. The Kier molecular flexibility index (Phi) is 5.05. The molecule has 0 radical (unpaired) electrons. The maximum absolute atomic E-state index is 12.1. The molecule has 2 rings (SSSR count). The molecule has 2 heterocycles. The highest BCUT2D eigenvalue weighted by molar-refractivity contribution is 7.13. The van der Waals surface area contributed by atoms with Crippen molar-refractivity contribution in [3.05, 3.63) is 16.1 Å². The van der Waals surface area contributed by atoms with Gasteiger partial charge < -0.3 is 10.0 Å². The number of hydrogen-bond acceptors (Lipinski definition) is 4. The lowest BCUT2D eigenvalue weighted by molar-refractivity contribution is -0.149. The molecule has 1 N–H and O–H groups in total. The average molecular weight is 336 g/mol. The van der Waals surface area contributed by atoms with Crippen LogP contribution in [-0.4, -0.2) is 46.1 Å². The van der Waals surface area contributed by atoms with Gasteiger partial charge in [-0.25, -0.2) is 9.78 Å². The zero-order valence-corrected chi connectivity index (χ0v) is 12.4. The first-order valence-electron chi connectivity index (χ1n) is 6.80. The van der Waals surface area contributed by atoms with E-state index in [1.807, 2.05) is 0 Å². The lowest BCUT2D eigenvalue weighted by Crippen LogP contribution is -2.38. The van der Waals surface area contributed by atoms with E-state index in [-0.39, 0.29) is 10.8 Å². The van der Waals surface area contributed by atoms with E-state index in [0.29, 0.717) is 30.9 Å². The van der Waals surface area contributed by atoms with Gasteiger partial charge in [-0.15, -0.1) is 11.3 Å². The Morgan fingerprint density at radius 2 is 2.00 bits per heavy atom. The molecular formula is C13H15F3N2O3S. The summed E-state index contributed by atoms with van der Waals surface area (Å²) in [6.45, 7) is 0.757. The van der Waals surface area contributed by atoms with E-state index >= 15 is 0 Å². The number of amides is 1. The van der Waals surface area contributed by atoms with E-state index in [4.69, 9.17) is 5.11 Å². The number of thiazole rings is 1. The number of hydrogen-bond donors (Lipinski definition) is 1. The third kappa shape index (κ3) is 4.43. The summed E-state index contributed by atoms with van der Waals surface area (Å²) in [5.41, 5.74) is 0. The van der Waals surface area contributed by atoms with E-state index < -0.39 is 30.9 Å². The van der Waals surface area contributed by atoms with Crippen molar-refractivity contribution in [2.75, 3.05) is 13.1 Å². The van der Waals surface area contributed by atoms with Gasteiger partial charge in [0.25, 0.3) is 0 Å². The minimum atomic E-state index is -4.32. The van der Waals surface area contributed by atoms with Gasteiger partial charge in [-0.3, -0.25) is 4.79 Å². The number of carbonyl (C=O) groups excluding carboxylic acids is 1. The lowest BCUT2D eigenvalue weighted by Gasteiger charge is -2.31. The topological polar surface area (TPSA) is 70.5 Å². The lowest BCUT2D eigenvalue weighted by atomic mass is 9.97. The second kappa shape index (κ2) is 6.64. The fourth-order valence-corrected chi connectivity index (χ4v) is 3.28. The number of carboxylic acids is 1. The van der Waals surface area contributed by atoms with Gasteiger partial charge >= 0.3 is 12.1 Å². The number of alkyl halides is 3. The molecule has 1 aromatic heterocycles. The molecule has 0 atom stereocenters. The van der Waals surface area contributed by atoms with Gasteiger partial charge in [0.15, 0.2) is 0 Å². The molecule has 9 heteroatoms. The molecule has 0 spiro atoms. The number of aromatic carboxylic acids is 1. The third-order valence-corrected chi connectivity index (χ3v) is 4.70. The van der Waals surface area contributed by atoms with Gasteiger partial charge in [0, 0.05) is 25.4 Å². The van der Waals surface area contributed by atoms with Crippen LogP contribution in [0.15, 0.2) is 6.20 Å². The van der Waals surface area contributed by atoms with Gasteiger partial charge in [0.2, 0.25) is 5.91 Å². The Morgan fingerprint density at radius 1 is 1.36 bits per heavy atom. The molecule has 1 aliphatic rings. The number of nitrogens with zero attached hydrogens (tertiary/aromatic N) is 2. The van der Waals surface area contributed by atoms with Gasteiger partial charge in [0.1, 0.15) is 4.88 Å². The SMILES string of the molecule is O=C(O)c1cnc(C2CCN(C(=O)CCC(F)(F)F)CC2)s1. The van der Waals surface area contributed by atoms with Crippen molar-refractivity contribution in [2.45, 2.75) is 37.8 Å². The highest BCUT2D eigenvalue weighted by Crippen LogP contribution is 2.31. The van der Waals surface area contributed by atoms with Crippen LogP contribution in [0.5, 0.6) is 0 Å². The van der Waals surface area contributed by atoms with Crippen LogP contribution >= 0.6 is 11.3 Å². The number of rotatable bonds is 4. The van der Waals surface area contributed by atoms with Crippen LogP contribution < -0.4 is 0 Å². The predicted molar refractivity (Wildman–Crippen MR) is 72.9 cm³/mol. The van der Waals surface area contributed by atoms with Crippen molar-refractivity contribution in [3.63, 3.8) is 0 Å². The van der Waals surface area contributed by atoms with Crippen LogP contribution in [0, 0.1) is 0 Å². The quantitative estimate of drug-likeness (QED) is 0.918. The number of likely N-dealkylation sites (tertiary alicyclic amines) is 1. The first kappa shape index (κ1) is 16.7. The molecule has 1 amide bonds. The molecule has 1 saturated heterocycles. The van der Waals surface area contributed by atoms with Gasteiger partial charge in [-0.05, 0) is 12.8 Å². The summed E-state index contributed by atoms with van der Waals surface area (Å²) in [6.07, 6.45) is -3.45. The van der Waals surface area contributed by atoms with Gasteiger partial charge in [0.05, 0.1) is 17.6 Å². The third-order valence-electron chi connectivity index (χ3n) is 3.55. The van der Waals surface area contributed by atoms with Crippen molar-refractivity contribution in [2.24, 2.45) is 0 Å². The van der Waals surface area contributed by atoms with E-state index in [0.717, 1.165) is 11.3 Å². The molecule has 122 valence electrons. The Labute approximate surface area is 128 Å². The Morgan fingerprint density at radius 3 is 2.50 bits per heavy atom. The first-order valence-corrected chi connectivity index (χ1v) is 7.61. The van der Waals surface area contributed by atoms with E-state index in [1.54, 1.807) is 0 Å². The highest BCUT2D eigenvalue weighted by atomic mass is 32.1. The van der Waals surface area contributed by atoms with Crippen molar-refractivity contribution < 1.29 is 27.9 Å². The number of carbonyl (C=O) groups is 2. The number of aromatic nitrogens is 1. The fourth-order valence-electron chi connectivity index (χ4n) is 2.36. The van der Waals surface area contributed by atoms with Crippen LogP contribution in [0.1, 0.15) is 46.3 Å². The van der Waals surface area contributed by atoms with E-state index in [2.05, 4.69) is 4.98 Å². The van der Waals surface area contributed by atoms with Crippen LogP contribution in [0.4, 0.5) is 13.2 Å². The summed E-state index contributed by atoms with van der Waals surface area (Å²) >= 11 is 1.11. The molecule has 1 aromatic rings. The normalized spacial score (nSPS) is 16.8. The Hall–Kier alpha value is -1.64. The largest absolute Gasteiger partial charge is 0.477 e. The summed E-state index contributed by atoms with van der Waals surface area (Å²) in [5, 5.41) is 9.57. The molecular weight excluding hydrogens is 321 g/mol. The molecule has 22 heavy (non-hydrogen) atoms. The van der Waals surface area contributed by atoms with Crippen molar-refractivity contribution in [1.29, 1.82) is 0 Å². The molecule has 0 bridgehead atoms. The second-order valence-electron chi connectivity index (χ2n) is 5.14. The molecule has 1 aliphatic heterocycles. The first-order chi connectivity index (χ1) is 10.3. The fraction of sp³-hybridized carbons (Fsp3) is 0.615. The van der Waals surface area contributed by atoms with Crippen LogP contribution in [0.3, 0.4) is 0 Å². The van der Waals surface area contributed by atoms with Crippen molar-refractivity contribution >= 4 is 23.2 Å². The van der Waals surface area contributed by atoms with Gasteiger partial charge in [-0.2, -0.15) is 13.2 Å². The Bertz CT molecular complexity index is 551. The van der Waals surface area contributed by atoms with Crippen LogP contribution in [-0.2, 0) is 4.79 Å². The zero-order chi connectivity index (χ0) is 16.3. The summed E-state index contributed by atoms with van der Waals surface area (Å²) < 4.78 is 36.3. The molecule has 0 aliphatic carbocycles. The maximum Gasteiger partial charge on any atom is 0.389 e. The van der Waals surface area contributed by atoms with E-state index in [1.165, 1.54) is 11.1 Å². The number of carboxylic acid groups (broad SMARTS) is 1. The van der Waals surface area contributed by atoms with Gasteiger partial charge in [-0.1, -0.05) is 0 Å². The van der Waals surface area contributed by atoms with Crippen LogP contribution in [0.25, 0.3) is 0 Å². The predicted octanol–water partition coefficient (Wildman–Crippen LogP) is 2.89. The summed E-state index contributed by atoms with van der Waals surface area (Å²) in [7, 11) is 0. The zero-order valence-electron chi connectivity index (χ0n) is 11.6. The Balaban J connectivity index is 1.84. The molecule has 1 fully saturated rings. The molecule has 5 nitrogen and oxygen atoms in total. The monoisotopic (exact) mass is 336 g/mol. The van der Waals surface area contributed by atoms with Crippen molar-refractivity contribution in [3.8, 4) is 0 Å². The highest BCUT2D eigenvalue weighted by Gasteiger charge is 2.31. The second-order valence-corrected chi connectivity index (χ2v) is 6.20.